The van der Waals surface area contributed by atoms with E-state index in [2.05, 4.69) is 5.10 Å². The van der Waals surface area contributed by atoms with Crippen LogP contribution in [0.4, 0.5) is 0 Å². The molecule has 1 aromatic rings. The second-order valence-electron chi connectivity index (χ2n) is 1.85. The maximum absolute atomic E-state index is 10.9. The van der Waals surface area contributed by atoms with Crippen LogP contribution in [0.15, 0.2) is 9.59 Å². The highest BCUT2D eigenvalue weighted by atomic mass is 16.2. The number of aromatic nitrogens is 3. The van der Waals surface area contributed by atoms with Crippen molar-refractivity contribution in [1.29, 1.82) is 5.26 Å². The fourth-order valence-corrected chi connectivity index (χ4v) is 0.550. The Hall–Kier alpha value is -1.90. The summed E-state index contributed by atoms with van der Waals surface area (Å²) in [5.74, 6) is 0. The smallest absolute Gasteiger partial charge is 0.266 e. The molecule has 0 aliphatic rings. The summed E-state index contributed by atoms with van der Waals surface area (Å²) in [4.78, 5) is 21.5. The van der Waals surface area contributed by atoms with Crippen LogP contribution >= 0.6 is 0 Å². The molecule has 0 bridgehead atoms. The Balaban J connectivity index is 0.000000671. The average molecular weight is 182 g/mol. The number of hydrogen-bond acceptors (Lipinski definition) is 4. The number of nitrogens with zero attached hydrogens (tertiary/aromatic N) is 3. The Bertz CT molecular complexity index is 423. The molecule has 1 rings (SSSR count). The first kappa shape index (κ1) is 11.1. The average Bonchev–Trinajstić information content (AvgIpc) is 2.18. The van der Waals surface area contributed by atoms with Crippen molar-refractivity contribution in [1.82, 2.24) is 14.8 Å². The van der Waals surface area contributed by atoms with Gasteiger partial charge < -0.3 is 0 Å². The van der Waals surface area contributed by atoms with Crippen LogP contribution in [0.1, 0.15) is 19.5 Å². The van der Waals surface area contributed by atoms with Crippen LogP contribution in [0.2, 0.25) is 0 Å². The lowest BCUT2D eigenvalue weighted by Crippen LogP contribution is -2.35. The molecule has 0 aliphatic heterocycles. The second kappa shape index (κ2) is 4.87. The zero-order valence-electron chi connectivity index (χ0n) is 7.66. The molecule has 6 heteroatoms. The summed E-state index contributed by atoms with van der Waals surface area (Å²) in [5, 5.41) is 13.5. The first-order valence-corrected chi connectivity index (χ1v) is 3.72. The van der Waals surface area contributed by atoms with Crippen LogP contribution in [0.25, 0.3) is 0 Å². The molecule has 0 amide bonds. The van der Waals surface area contributed by atoms with E-state index >= 15 is 0 Å². The van der Waals surface area contributed by atoms with Crippen molar-refractivity contribution in [2.24, 2.45) is 7.05 Å². The lowest BCUT2D eigenvalue weighted by Gasteiger charge is -1.91. The molecular formula is C7H10N4O2. The van der Waals surface area contributed by atoms with Crippen molar-refractivity contribution in [2.75, 3.05) is 0 Å². The largest absolute Gasteiger partial charge is 0.344 e. The van der Waals surface area contributed by atoms with E-state index in [9.17, 15) is 9.59 Å². The molecular weight excluding hydrogens is 172 g/mol. The molecule has 0 saturated carbocycles. The van der Waals surface area contributed by atoms with Crippen molar-refractivity contribution in [2.45, 2.75) is 13.8 Å². The third kappa shape index (κ3) is 2.27. The van der Waals surface area contributed by atoms with Crippen molar-refractivity contribution in [3.8, 4) is 6.07 Å². The number of nitriles is 1. The van der Waals surface area contributed by atoms with Crippen molar-refractivity contribution < 1.29 is 0 Å². The van der Waals surface area contributed by atoms with Crippen LogP contribution in [-0.2, 0) is 7.05 Å². The third-order valence-electron chi connectivity index (χ3n) is 1.18. The number of nitrogens with one attached hydrogen (secondary N) is 1. The van der Waals surface area contributed by atoms with Gasteiger partial charge >= 0.3 is 5.69 Å². The minimum absolute atomic E-state index is 0.313. The zero-order chi connectivity index (χ0) is 10.4. The van der Waals surface area contributed by atoms with E-state index in [1.54, 1.807) is 6.07 Å². The molecule has 1 heterocycles. The maximum atomic E-state index is 10.9. The van der Waals surface area contributed by atoms with E-state index in [1.807, 2.05) is 18.9 Å². The van der Waals surface area contributed by atoms with E-state index in [4.69, 9.17) is 5.26 Å². The molecule has 0 aliphatic carbocycles. The standard InChI is InChI=1S/C5H4N4O2.C2H6/c1-9-4(10)3(2-6)7-8-5(9)11;1-2/h1H3,(H,8,11);1-2H3. The first-order valence-electron chi connectivity index (χ1n) is 3.72. The van der Waals surface area contributed by atoms with Crippen LogP contribution in [0.5, 0.6) is 0 Å². The molecule has 0 fully saturated rings. The summed E-state index contributed by atoms with van der Waals surface area (Å²) in [7, 11) is 1.27. The predicted molar refractivity (Wildman–Crippen MR) is 46.2 cm³/mol. The van der Waals surface area contributed by atoms with Crippen molar-refractivity contribution in [3.05, 3.63) is 26.5 Å². The summed E-state index contributed by atoms with van der Waals surface area (Å²) in [6, 6.07) is 1.55. The van der Waals surface area contributed by atoms with Crippen molar-refractivity contribution in [3.63, 3.8) is 0 Å². The topological polar surface area (TPSA) is 91.5 Å². The Morgan fingerprint density at radius 3 is 2.46 bits per heavy atom. The summed E-state index contributed by atoms with van der Waals surface area (Å²) >= 11 is 0. The predicted octanol–water partition coefficient (Wildman–Crippen LogP) is -0.634. The van der Waals surface area contributed by atoms with Gasteiger partial charge in [0.25, 0.3) is 5.56 Å². The molecule has 0 aromatic carbocycles. The summed E-state index contributed by atoms with van der Waals surface area (Å²) < 4.78 is 0.783. The number of H-pyrrole nitrogens is 1. The quantitative estimate of drug-likeness (QED) is 0.578. The zero-order valence-corrected chi connectivity index (χ0v) is 7.66. The molecule has 0 unspecified atom stereocenters. The summed E-state index contributed by atoms with van der Waals surface area (Å²) in [5.41, 5.74) is -1.63. The Morgan fingerprint density at radius 1 is 1.46 bits per heavy atom. The van der Waals surface area contributed by atoms with E-state index in [0.717, 1.165) is 4.57 Å². The van der Waals surface area contributed by atoms with Gasteiger partial charge in [0.05, 0.1) is 0 Å². The fourth-order valence-electron chi connectivity index (χ4n) is 0.550. The lowest BCUT2D eigenvalue weighted by atomic mass is 10.5. The van der Waals surface area contributed by atoms with Gasteiger partial charge in [0.1, 0.15) is 6.07 Å². The number of hydrogen-bond donors (Lipinski definition) is 1. The van der Waals surface area contributed by atoms with Gasteiger partial charge in [-0.05, 0) is 0 Å². The van der Waals surface area contributed by atoms with Crippen LogP contribution in [0.3, 0.4) is 0 Å². The highest BCUT2D eigenvalue weighted by Gasteiger charge is 2.02. The fraction of sp³-hybridized carbons (Fsp3) is 0.429. The van der Waals surface area contributed by atoms with Gasteiger partial charge in [-0.25, -0.2) is 9.89 Å². The van der Waals surface area contributed by atoms with Gasteiger partial charge in [0.15, 0.2) is 0 Å². The van der Waals surface area contributed by atoms with Crippen LogP contribution in [0, 0.1) is 11.3 Å². The molecule has 0 radical (unpaired) electrons. The Labute approximate surface area is 74.4 Å². The normalized spacial score (nSPS) is 8.15. The monoisotopic (exact) mass is 182 g/mol. The van der Waals surface area contributed by atoms with E-state index in [1.165, 1.54) is 7.05 Å². The molecule has 0 atom stereocenters. The number of aromatic amines is 1. The summed E-state index contributed by atoms with van der Waals surface area (Å²) in [6.07, 6.45) is 0. The van der Waals surface area contributed by atoms with Gasteiger partial charge in [0.2, 0.25) is 5.69 Å². The molecule has 1 N–H and O–H groups in total. The first-order chi connectivity index (χ1) is 6.16. The van der Waals surface area contributed by atoms with Crippen LogP contribution in [-0.4, -0.2) is 14.8 Å². The Morgan fingerprint density at radius 2 is 2.00 bits per heavy atom. The van der Waals surface area contributed by atoms with Gasteiger partial charge in [-0.1, -0.05) is 13.8 Å². The molecule has 0 saturated heterocycles. The summed E-state index contributed by atoms with van der Waals surface area (Å²) in [6.45, 7) is 4.00. The highest BCUT2D eigenvalue weighted by molar-refractivity contribution is 5.13. The van der Waals surface area contributed by atoms with E-state index < -0.39 is 11.2 Å². The van der Waals surface area contributed by atoms with E-state index in [-0.39, 0.29) is 5.69 Å². The van der Waals surface area contributed by atoms with Gasteiger partial charge in [-0.15, -0.1) is 0 Å². The SMILES string of the molecule is CC.Cn1c(=O)[nH]nc(C#N)c1=O. The molecule has 70 valence electrons. The second-order valence-corrected chi connectivity index (χ2v) is 1.85. The third-order valence-corrected chi connectivity index (χ3v) is 1.18. The van der Waals surface area contributed by atoms with Crippen LogP contribution < -0.4 is 11.2 Å². The number of rotatable bonds is 0. The molecule has 1 aromatic heterocycles. The maximum Gasteiger partial charge on any atom is 0.344 e. The highest BCUT2D eigenvalue weighted by Crippen LogP contribution is 1.70. The lowest BCUT2D eigenvalue weighted by molar-refractivity contribution is 0.719. The van der Waals surface area contributed by atoms with Gasteiger partial charge in [-0.3, -0.25) is 9.36 Å². The van der Waals surface area contributed by atoms with Gasteiger partial charge in [-0.2, -0.15) is 10.4 Å². The molecule has 6 nitrogen and oxygen atoms in total. The molecule has 0 spiro atoms. The minimum Gasteiger partial charge on any atom is -0.266 e. The molecule has 13 heavy (non-hydrogen) atoms. The Kier molecular flexibility index (Phi) is 4.16. The van der Waals surface area contributed by atoms with Gasteiger partial charge in [0, 0.05) is 7.05 Å². The van der Waals surface area contributed by atoms with Crippen molar-refractivity contribution >= 4 is 0 Å². The minimum atomic E-state index is -0.684. The van der Waals surface area contributed by atoms with E-state index in [0.29, 0.717) is 0 Å².